The number of likely N-dealkylation sites (tertiary alicyclic amines) is 1. The van der Waals surface area contributed by atoms with Gasteiger partial charge < -0.3 is 4.57 Å². The lowest BCUT2D eigenvalue weighted by molar-refractivity contribution is 0.112. The van der Waals surface area contributed by atoms with Crippen LogP contribution in [0.5, 0.6) is 0 Å². The fraction of sp³-hybridized carbons (Fsp3) is 0.250. The Kier molecular flexibility index (Phi) is 4.41. The van der Waals surface area contributed by atoms with E-state index in [9.17, 15) is 4.79 Å². The summed E-state index contributed by atoms with van der Waals surface area (Å²) in [5.41, 5.74) is 4.52. The molecule has 4 heteroatoms. The van der Waals surface area contributed by atoms with Gasteiger partial charge in [0, 0.05) is 59.9 Å². The fourth-order valence-electron chi connectivity index (χ4n) is 4.65. The van der Waals surface area contributed by atoms with Crippen LogP contribution in [0, 0.1) is 0 Å². The highest BCUT2D eigenvalue weighted by Crippen LogP contribution is 2.36. The number of aldehydes is 1. The van der Waals surface area contributed by atoms with Crippen LogP contribution >= 0.6 is 0 Å². The van der Waals surface area contributed by atoms with Gasteiger partial charge in [-0.25, -0.2) is 0 Å². The molecule has 3 heterocycles. The van der Waals surface area contributed by atoms with E-state index in [1.54, 1.807) is 0 Å². The van der Waals surface area contributed by atoms with Gasteiger partial charge in [-0.1, -0.05) is 30.3 Å². The monoisotopic (exact) mass is 369 g/mol. The molecular formula is C24H23N3O. The number of carbonyl (C=O) groups excluding carboxylic acids is 1. The van der Waals surface area contributed by atoms with Crippen molar-refractivity contribution in [3.63, 3.8) is 0 Å². The van der Waals surface area contributed by atoms with Gasteiger partial charge in [0.1, 0.15) is 0 Å². The Balaban J connectivity index is 1.48. The Morgan fingerprint density at radius 1 is 0.929 bits per heavy atom. The molecule has 4 aromatic rings. The van der Waals surface area contributed by atoms with Crippen molar-refractivity contribution in [2.75, 3.05) is 13.1 Å². The number of aromatic nitrogens is 2. The first kappa shape index (κ1) is 17.1. The van der Waals surface area contributed by atoms with Crippen molar-refractivity contribution in [2.45, 2.75) is 25.4 Å². The maximum atomic E-state index is 11.6. The van der Waals surface area contributed by atoms with Gasteiger partial charge >= 0.3 is 0 Å². The fourth-order valence-corrected chi connectivity index (χ4v) is 4.65. The number of para-hydroxylation sites is 1. The van der Waals surface area contributed by atoms with Crippen molar-refractivity contribution in [1.82, 2.24) is 14.5 Å². The second kappa shape index (κ2) is 7.21. The lowest BCUT2D eigenvalue weighted by Crippen LogP contribution is -2.34. The molecule has 0 atom stereocenters. The summed E-state index contributed by atoms with van der Waals surface area (Å²) in [5, 5.41) is 2.27. The average Bonchev–Trinajstić information content (AvgIpc) is 3.10. The molecule has 0 amide bonds. The van der Waals surface area contributed by atoms with Crippen LogP contribution in [0.4, 0.5) is 0 Å². The van der Waals surface area contributed by atoms with E-state index in [2.05, 4.69) is 56.9 Å². The van der Waals surface area contributed by atoms with Crippen molar-refractivity contribution >= 4 is 28.1 Å². The molecule has 1 aliphatic rings. The van der Waals surface area contributed by atoms with E-state index in [1.165, 1.54) is 22.0 Å². The zero-order chi connectivity index (χ0) is 18.9. The Morgan fingerprint density at radius 2 is 1.68 bits per heavy atom. The average molecular weight is 369 g/mol. The molecule has 2 aromatic carbocycles. The summed E-state index contributed by atoms with van der Waals surface area (Å²) in [7, 11) is 0. The van der Waals surface area contributed by atoms with Gasteiger partial charge in [0.2, 0.25) is 0 Å². The molecule has 1 aliphatic heterocycles. The maximum Gasteiger partial charge on any atom is 0.150 e. The first-order chi connectivity index (χ1) is 13.8. The first-order valence-electron chi connectivity index (χ1n) is 9.93. The summed E-state index contributed by atoms with van der Waals surface area (Å²) in [5.74, 6) is 0. The molecule has 0 bridgehead atoms. The molecule has 5 rings (SSSR count). The minimum absolute atomic E-state index is 0.456. The van der Waals surface area contributed by atoms with E-state index in [0.717, 1.165) is 49.7 Å². The Bertz CT molecular complexity index is 1120. The number of hydrogen-bond acceptors (Lipinski definition) is 3. The number of pyridine rings is 1. The van der Waals surface area contributed by atoms with Crippen LogP contribution in [0.1, 0.15) is 34.8 Å². The molecule has 0 saturated carbocycles. The van der Waals surface area contributed by atoms with E-state index < -0.39 is 0 Å². The van der Waals surface area contributed by atoms with Gasteiger partial charge in [-0.15, -0.1) is 0 Å². The van der Waals surface area contributed by atoms with E-state index in [4.69, 9.17) is 0 Å². The minimum atomic E-state index is 0.456. The van der Waals surface area contributed by atoms with Crippen LogP contribution in [0.15, 0.2) is 67.0 Å². The summed E-state index contributed by atoms with van der Waals surface area (Å²) >= 11 is 0. The number of piperidine rings is 1. The molecule has 2 aromatic heterocycles. The van der Waals surface area contributed by atoms with Gasteiger partial charge in [-0.2, -0.15) is 0 Å². The lowest BCUT2D eigenvalue weighted by atomic mass is 10.0. The Labute approximate surface area is 164 Å². The van der Waals surface area contributed by atoms with Gasteiger partial charge in [-0.3, -0.25) is 14.7 Å². The van der Waals surface area contributed by atoms with Crippen LogP contribution in [-0.4, -0.2) is 33.8 Å². The second-order valence-corrected chi connectivity index (χ2v) is 7.61. The number of fused-ring (bicyclic) bond motifs is 3. The van der Waals surface area contributed by atoms with Crippen LogP contribution in [0.25, 0.3) is 21.8 Å². The summed E-state index contributed by atoms with van der Waals surface area (Å²) in [6.07, 6.45) is 6.94. The van der Waals surface area contributed by atoms with Crippen molar-refractivity contribution in [3.05, 3.63) is 78.1 Å². The zero-order valence-corrected chi connectivity index (χ0v) is 15.8. The molecule has 1 saturated heterocycles. The number of rotatable bonds is 4. The second-order valence-electron chi connectivity index (χ2n) is 7.61. The van der Waals surface area contributed by atoms with E-state index in [0.29, 0.717) is 6.04 Å². The van der Waals surface area contributed by atoms with Crippen LogP contribution in [0.2, 0.25) is 0 Å². The molecule has 0 unspecified atom stereocenters. The van der Waals surface area contributed by atoms with Crippen molar-refractivity contribution in [1.29, 1.82) is 0 Å². The molecule has 0 radical (unpaired) electrons. The van der Waals surface area contributed by atoms with Crippen molar-refractivity contribution in [2.24, 2.45) is 0 Å². The van der Waals surface area contributed by atoms with Gasteiger partial charge in [-0.05, 0) is 42.7 Å². The predicted octanol–water partition coefficient (Wildman–Crippen LogP) is 4.84. The highest BCUT2D eigenvalue weighted by Gasteiger charge is 2.24. The van der Waals surface area contributed by atoms with E-state index in [1.807, 2.05) is 24.5 Å². The molecule has 4 nitrogen and oxygen atoms in total. The van der Waals surface area contributed by atoms with Crippen LogP contribution < -0.4 is 0 Å². The third-order valence-electron chi connectivity index (χ3n) is 5.97. The topological polar surface area (TPSA) is 38.1 Å². The smallest absolute Gasteiger partial charge is 0.150 e. The molecule has 0 aliphatic carbocycles. The first-order valence-corrected chi connectivity index (χ1v) is 9.93. The molecule has 0 N–H and O–H groups in total. The summed E-state index contributed by atoms with van der Waals surface area (Å²) in [6.45, 7) is 3.14. The standard InChI is InChI=1S/C24H23N3O/c28-17-19-4-3-7-23-24(19)21-5-1-2-6-22(21)27(23)20-10-14-26(15-11-20)16-18-8-12-25-13-9-18/h1-9,12-13,17,20H,10-11,14-16H2. The summed E-state index contributed by atoms with van der Waals surface area (Å²) in [4.78, 5) is 18.3. The minimum Gasteiger partial charge on any atom is -0.337 e. The Morgan fingerprint density at radius 3 is 2.46 bits per heavy atom. The van der Waals surface area contributed by atoms with E-state index >= 15 is 0 Å². The van der Waals surface area contributed by atoms with E-state index in [-0.39, 0.29) is 0 Å². The van der Waals surface area contributed by atoms with Gasteiger partial charge in [0.25, 0.3) is 0 Å². The normalized spacial score (nSPS) is 16.0. The Hall–Kier alpha value is -2.98. The molecule has 1 fully saturated rings. The van der Waals surface area contributed by atoms with Crippen LogP contribution in [0.3, 0.4) is 0 Å². The third kappa shape index (κ3) is 2.90. The lowest BCUT2D eigenvalue weighted by Gasteiger charge is -2.33. The number of carbonyl (C=O) groups is 1. The summed E-state index contributed by atoms with van der Waals surface area (Å²) < 4.78 is 2.47. The zero-order valence-electron chi connectivity index (χ0n) is 15.8. The molecular weight excluding hydrogens is 346 g/mol. The number of nitrogens with zero attached hydrogens (tertiary/aromatic N) is 3. The quantitative estimate of drug-likeness (QED) is 0.483. The maximum absolute atomic E-state index is 11.6. The SMILES string of the molecule is O=Cc1cccc2c1c1ccccc1n2C1CCN(Cc2ccncc2)CC1. The van der Waals surface area contributed by atoms with Crippen LogP contribution in [-0.2, 0) is 6.54 Å². The van der Waals surface area contributed by atoms with Crippen molar-refractivity contribution < 1.29 is 4.79 Å². The number of hydrogen-bond donors (Lipinski definition) is 0. The molecule has 0 spiro atoms. The number of benzene rings is 2. The highest BCUT2D eigenvalue weighted by molar-refractivity contribution is 6.14. The third-order valence-corrected chi connectivity index (χ3v) is 5.97. The highest BCUT2D eigenvalue weighted by atomic mass is 16.1. The predicted molar refractivity (Wildman–Crippen MR) is 113 cm³/mol. The largest absolute Gasteiger partial charge is 0.337 e. The van der Waals surface area contributed by atoms with Gasteiger partial charge in [0.15, 0.2) is 6.29 Å². The summed E-state index contributed by atoms with van der Waals surface area (Å²) in [6, 6.07) is 19.2. The molecule has 140 valence electrons. The van der Waals surface area contributed by atoms with Crippen molar-refractivity contribution in [3.8, 4) is 0 Å². The molecule has 28 heavy (non-hydrogen) atoms. The van der Waals surface area contributed by atoms with Gasteiger partial charge in [0.05, 0.1) is 5.52 Å².